The van der Waals surface area contributed by atoms with Gasteiger partial charge in [-0.25, -0.2) is 13.6 Å². The molecule has 4 N–H and O–H groups in total. The zero-order chi connectivity index (χ0) is 17.0. The fraction of sp³-hybridized carbons (Fsp3) is 0.294. The highest BCUT2D eigenvalue weighted by atomic mass is 32.2. The van der Waals surface area contributed by atoms with Gasteiger partial charge >= 0.3 is 0 Å². The van der Waals surface area contributed by atoms with E-state index < -0.39 is 10.0 Å². The third-order valence-electron chi connectivity index (χ3n) is 3.71. The van der Waals surface area contributed by atoms with Crippen molar-refractivity contribution in [2.45, 2.75) is 37.2 Å². The summed E-state index contributed by atoms with van der Waals surface area (Å²) in [6, 6.07) is 14.9. The van der Waals surface area contributed by atoms with Crippen LogP contribution in [0.5, 0.6) is 5.75 Å². The number of nitrogens with two attached hydrogens (primary N) is 1. The molecule has 2 atom stereocenters. The molecule has 0 aliphatic carbocycles. The molecule has 6 heteroatoms. The summed E-state index contributed by atoms with van der Waals surface area (Å²) < 4.78 is 22.9. The minimum absolute atomic E-state index is 0.128. The second-order valence-corrected chi connectivity index (χ2v) is 7.28. The summed E-state index contributed by atoms with van der Waals surface area (Å²) in [6.45, 7) is 4.11. The molecule has 0 fully saturated rings. The molecule has 0 saturated carbocycles. The van der Waals surface area contributed by atoms with Crippen LogP contribution in [-0.4, -0.2) is 19.6 Å². The minimum atomic E-state index is -3.93. The fourth-order valence-electron chi connectivity index (χ4n) is 2.59. The van der Waals surface area contributed by atoms with Gasteiger partial charge in [-0.2, -0.15) is 0 Å². The molecule has 0 bridgehead atoms. The summed E-state index contributed by atoms with van der Waals surface area (Å²) in [7, 11) is -3.93. The van der Waals surface area contributed by atoms with Crippen LogP contribution in [0.2, 0.25) is 0 Å². The number of sulfonamides is 1. The number of primary sulfonamides is 1. The molecular weight excluding hydrogens is 312 g/mol. The van der Waals surface area contributed by atoms with Crippen molar-refractivity contribution >= 4 is 10.0 Å². The van der Waals surface area contributed by atoms with Gasteiger partial charge < -0.3 is 10.4 Å². The first-order chi connectivity index (χ1) is 10.8. The van der Waals surface area contributed by atoms with Crippen molar-refractivity contribution in [2.75, 3.05) is 0 Å². The van der Waals surface area contributed by atoms with Gasteiger partial charge in [0.05, 0.1) is 0 Å². The molecule has 0 heterocycles. The van der Waals surface area contributed by atoms with Crippen LogP contribution < -0.4 is 10.5 Å². The Bertz CT molecular complexity index is 761. The maximum absolute atomic E-state index is 11.5. The van der Waals surface area contributed by atoms with E-state index in [9.17, 15) is 13.5 Å². The number of rotatable bonds is 6. The molecule has 2 rings (SSSR count). The molecule has 0 aliphatic rings. The first-order valence-electron chi connectivity index (χ1n) is 7.43. The monoisotopic (exact) mass is 334 g/mol. The molecule has 5 nitrogen and oxygen atoms in total. The van der Waals surface area contributed by atoms with Crippen molar-refractivity contribution in [2.24, 2.45) is 5.14 Å². The summed E-state index contributed by atoms with van der Waals surface area (Å²) >= 11 is 0. The van der Waals surface area contributed by atoms with Crippen molar-refractivity contribution in [3.63, 3.8) is 0 Å². The summed E-state index contributed by atoms with van der Waals surface area (Å²) in [5.74, 6) is -0.325. The largest absolute Gasteiger partial charge is 0.507 e. The van der Waals surface area contributed by atoms with E-state index >= 15 is 0 Å². The van der Waals surface area contributed by atoms with Gasteiger partial charge in [-0.3, -0.25) is 0 Å². The van der Waals surface area contributed by atoms with Crippen LogP contribution in [0.1, 0.15) is 31.0 Å². The maximum atomic E-state index is 11.5. The van der Waals surface area contributed by atoms with Gasteiger partial charge in [0.1, 0.15) is 10.6 Å². The predicted molar refractivity (Wildman–Crippen MR) is 90.6 cm³/mol. The molecule has 0 aromatic heterocycles. The Morgan fingerprint density at radius 3 is 2.39 bits per heavy atom. The molecule has 0 aliphatic heterocycles. The lowest BCUT2D eigenvalue weighted by molar-refractivity contribution is 0.456. The van der Waals surface area contributed by atoms with E-state index in [1.165, 1.54) is 17.7 Å². The molecule has 23 heavy (non-hydrogen) atoms. The van der Waals surface area contributed by atoms with Crippen molar-refractivity contribution in [3.05, 3.63) is 59.7 Å². The van der Waals surface area contributed by atoms with Crippen molar-refractivity contribution < 1.29 is 13.5 Å². The highest BCUT2D eigenvalue weighted by Crippen LogP contribution is 2.23. The van der Waals surface area contributed by atoms with Gasteiger partial charge in [0.2, 0.25) is 10.0 Å². The Balaban J connectivity index is 2.07. The van der Waals surface area contributed by atoms with E-state index in [1.807, 2.05) is 25.1 Å². The number of nitrogens with one attached hydrogen (secondary N) is 1. The summed E-state index contributed by atoms with van der Waals surface area (Å²) in [4.78, 5) is -0.238. The Hall–Kier alpha value is -1.89. The molecule has 0 saturated heterocycles. The maximum Gasteiger partial charge on any atom is 0.241 e. The van der Waals surface area contributed by atoms with E-state index in [4.69, 9.17) is 5.14 Å². The number of phenolic OH excluding ortho intramolecular Hbond substituents is 1. The Kier molecular flexibility index (Phi) is 5.41. The van der Waals surface area contributed by atoms with E-state index in [0.717, 1.165) is 5.56 Å². The van der Waals surface area contributed by atoms with E-state index in [-0.39, 0.29) is 22.7 Å². The molecule has 0 spiro atoms. The van der Waals surface area contributed by atoms with E-state index in [1.54, 1.807) is 6.07 Å². The second kappa shape index (κ2) is 7.12. The zero-order valence-electron chi connectivity index (χ0n) is 13.2. The lowest BCUT2D eigenvalue weighted by Crippen LogP contribution is -2.30. The molecule has 0 radical (unpaired) electrons. The van der Waals surface area contributed by atoms with Crippen molar-refractivity contribution in [3.8, 4) is 5.75 Å². The van der Waals surface area contributed by atoms with Gasteiger partial charge in [0.15, 0.2) is 0 Å². The average molecular weight is 334 g/mol. The lowest BCUT2D eigenvalue weighted by Gasteiger charge is -2.20. The molecule has 124 valence electrons. The topological polar surface area (TPSA) is 92.4 Å². The minimum Gasteiger partial charge on any atom is -0.507 e. The van der Waals surface area contributed by atoms with Crippen molar-refractivity contribution in [1.29, 1.82) is 0 Å². The van der Waals surface area contributed by atoms with Crippen LogP contribution in [-0.2, 0) is 16.4 Å². The number of benzene rings is 2. The highest BCUT2D eigenvalue weighted by Gasteiger charge is 2.16. The number of hydrogen-bond donors (Lipinski definition) is 3. The van der Waals surface area contributed by atoms with Gasteiger partial charge in [-0.1, -0.05) is 36.4 Å². The predicted octanol–water partition coefficient (Wildman–Crippen LogP) is 2.32. The van der Waals surface area contributed by atoms with Gasteiger partial charge in [-0.05, 0) is 43.5 Å². The molecular formula is C17H22N2O3S. The normalized spacial score (nSPS) is 14.4. The number of aromatic hydroxyl groups is 1. The molecule has 0 unspecified atom stereocenters. The lowest BCUT2D eigenvalue weighted by atomic mass is 10.0. The molecule has 0 amide bonds. The first kappa shape index (κ1) is 17.5. The van der Waals surface area contributed by atoms with Crippen molar-refractivity contribution in [1.82, 2.24) is 5.32 Å². The van der Waals surface area contributed by atoms with Gasteiger partial charge in [0, 0.05) is 12.1 Å². The van der Waals surface area contributed by atoms with Crippen LogP contribution in [0, 0.1) is 0 Å². The number of hydrogen-bond acceptors (Lipinski definition) is 4. The van der Waals surface area contributed by atoms with Crippen LogP contribution in [0.3, 0.4) is 0 Å². The smallest absolute Gasteiger partial charge is 0.241 e. The van der Waals surface area contributed by atoms with Gasteiger partial charge in [-0.15, -0.1) is 0 Å². The quantitative estimate of drug-likeness (QED) is 0.756. The van der Waals surface area contributed by atoms with E-state index in [2.05, 4.69) is 24.4 Å². The Labute approximate surface area is 137 Å². The number of phenols is 1. The summed E-state index contributed by atoms with van der Waals surface area (Å²) in [6.07, 6.45) is 0.625. The molecule has 2 aromatic rings. The van der Waals surface area contributed by atoms with E-state index in [0.29, 0.717) is 6.42 Å². The first-order valence-corrected chi connectivity index (χ1v) is 8.97. The zero-order valence-corrected chi connectivity index (χ0v) is 14.0. The highest BCUT2D eigenvalue weighted by molar-refractivity contribution is 7.89. The van der Waals surface area contributed by atoms with Crippen LogP contribution in [0.4, 0.5) is 0 Å². The van der Waals surface area contributed by atoms with Gasteiger partial charge in [0.25, 0.3) is 0 Å². The van der Waals surface area contributed by atoms with Crippen LogP contribution in [0.15, 0.2) is 53.4 Å². The second-order valence-electron chi connectivity index (χ2n) is 5.75. The van der Waals surface area contributed by atoms with Crippen LogP contribution >= 0.6 is 0 Å². The summed E-state index contributed by atoms with van der Waals surface area (Å²) in [5.41, 5.74) is 1.99. The SMILES string of the molecule is C[C@H](Cc1ccc(O)c(S(N)(=O)=O)c1)N[C@H](C)c1ccccc1. The molecule has 2 aromatic carbocycles. The average Bonchev–Trinajstić information content (AvgIpc) is 2.49. The third-order valence-corrected chi connectivity index (χ3v) is 4.65. The third kappa shape index (κ3) is 4.79. The standard InChI is InChI=1S/C17H22N2O3S/c1-12(19-13(2)15-6-4-3-5-7-15)10-14-8-9-16(20)17(11-14)23(18,21)22/h3-9,11-13,19-20H,10H2,1-2H3,(H2,18,21,22)/t12-,13-/m1/s1. The Morgan fingerprint density at radius 2 is 1.78 bits per heavy atom. The van der Waals surface area contributed by atoms with Crippen LogP contribution in [0.25, 0.3) is 0 Å². The fourth-order valence-corrected chi connectivity index (χ4v) is 3.27. The Morgan fingerprint density at radius 1 is 1.13 bits per heavy atom. The summed E-state index contributed by atoms with van der Waals surface area (Å²) in [5, 5.41) is 18.2.